The van der Waals surface area contributed by atoms with E-state index in [1.165, 1.54) is 7.11 Å². The van der Waals surface area contributed by atoms with Crippen LogP contribution in [0.15, 0.2) is 36.4 Å². The van der Waals surface area contributed by atoms with Crippen LogP contribution in [0.1, 0.15) is 26.3 Å². The van der Waals surface area contributed by atoms with Crippen LogP contribution >= 0.6 is 11.6 Å². The van der Waals surface area contributed by atoms with E-state index in [1.54, 1.807) is 57.2 Å². The van der Waals surface area contributed by atoms with Gasteiger partial charge in [-0.15, -0.1) is 0 Å². The van der Waals surface area contributed by atoms with Crippen molar-refractivity contribution in [3.05, 3.63) is 47.0 Å². The summed E-state index contributed by atoms with van der Waals surface area (Å²) in [6, 6.07) is 10.2. The van der Waals surface area contributed by atoms with Gasteiger partial charge in [-0.05, 0) is 49.7 Å². The number of ether oxygens (including phenoxy) is 2. The summed E-state index contributed by atoms with van der Waals surface area (Å²) in [5.74, 6) is 0.467. The highest BCUT2D eigenvalue weighted by atomic mass is 35.5. The molecule has 2 rings (SSSR count). The van der Waals surface area contributed by atoms with Gasteiger partial charge >= 0.3 is 0 Å². The molecule has 0 aliphatic heterocycles. The van der Waals surface area contributed by atoms with Crippen LogP contribution in [0.25, 0.3) is 0 Å². The largest absolute Gasteiger partial charge is 0.494 e. The van der Waals surface area contributed by atoms with Crippen LogP contribution in [0.3, 0.4) is 0 Å². The molecule has 28 heavy (non-hydrogen) atoms. The van der Waals surface area contributed by atoms with Gasteiger partial charge in [0.2, 0.25) is 5.91 Å². The number of hydrogen-bond acceptors (Lipinski definition) is 4. The van der Waals surface area contributed by atoms with Gasteiger partial charge in [0.15, 0.2) is 6.10 Å². The van der Waals surface area contributed by atoms with E-state index >= 15 is 0 Å². The van der Waals surface area contributed by atoms with Gasteiger partial charge in [-0.2, -0.15) is 0 Å². The highest BCUT2D eigenvalue weighted by molar-refractivity contribution is 6.30. The summed E-state index contributed by atoms with van der Waals surface area (Å²) < 4.78 is 11.1. The number of aryl methyl sites for hydroxylation is 1. The van der Waals surface area contributed by atoms with Crippen LogP contribution in [0, 0.1) is 12.8 Å². The van der Waals surface area contributed by atoms with E-state index in [2.05, 4.69) is 10.6 Å². The third kappa shape index (κ3) is 5.63. The molecule has 0 saturated carbocycles. The number of anilines is 2. The number of hydrogen-bond donors (Lipinski definition) is 2. The molecule has 2 aromatic rings. The molecule has 0 heterocycles. The van der Waals surface area contributed by atoms with Crippen LogP contribution in [0.4, 0.5) is 11.4 Å². The Morgan fingerprint density at radius 1 is 0.964 bits per heavy atom. The predicted octanol–water partition coefficient (Wildman–Crippen LogP) is 4.66. The topological polar surface area (TPSA) is 76.7 Å². The first-order valence-electron chi connectivity index (χ1n) is 8.93. The van der Waals surface area contributed by atoms with Crippen LogP contribution < -0.4 is 20.1 Å². The number of halogens is 1. The SMILES string of the molecule is COc1cc(NC(=O)C(C)Oc2ccc(Cl)cc2C)ccc1NC(=O)C(C)C. The van der Waals surface area contributed by atoms with Gasteiger partial charge in [-0.3, -0.25) is 9.59 Å². The molecule has 0 radical (unpaired) electrons. The summed E-state index contributed by atoms with van der Waals surface area (Å²) in [4.78, 5) is 24.4. The lowest BCUT2D eigenvalue weighted by molar-refractivity contribution is -0.122. The summed E-state index contributed by atoms with van der Waals surface area (Å²) in [5, 5.41) is 6.19. The molecule has 150 valence electrons. The number of amides is 2. The Balaban J connectivity index is 2.07. The molecular formula is C21H25ClN2O4. The van der Waals surface area contributed by atoms with Crippen molar-refractivity contribution < 1.29 is 19.1 Å². The van der Waals surface area contributed by atoms with Crippen molar-refractivity contribution in [3.8, 4) is 11.5 Å². The minimum absolute atomic E-state index is 0.115. The first-order valence-corrected chi connectivity index (χ1v) is 9.31. The summed E-state index contributed by atoms with van der Waals surface area (Å²) in [6.07, 6.45) is -0.716. The highest BCUT2D eigenvalue weighted by Crippen LogP contribution is 2.29. The molecule has 0 aliphatic carbocycles. The first-order chi connectivity index (χ1) is 13.2. The van der Waals surface area contributed by atoms with Gasteiger partial charge in [0.1, 0.15) is 11.5 Å². The minimum Gasteiger partial charge on any atom is -0.494 e. The van der Waals surface area contributed by atoms with Gasteiger partial charge < -0.3 is 20.1 Å². The van der Waals surface area contributed by atoms with E-state index in [-0.39, 0.29) is 17.7 Å². The fraction of sp³-hybridized carbons (Fsp3) is 0.333. The van der Waals surface area contributed by atoms with Crippen molar-refractivity contribution in [2.45, 2.75) is 33.8 Å². The number of carbonyl (C=O) groups excluding carboxylic acids is 2. The minimum atomic E-state index is -0.716. The van der Waals surface area contributed by atoms with E-state index in [4.69, 9.17) is 21.1 Å². The molecule has 0 saturated heterocycles. The van der Waals surface area contributed by atoms with Crippen LogP contribution in [0.5, 0.6) is 11.5 Å². The van der Waals surface area contributed by atoms with Crippen LogP contribution in [-0.4, -0.2) is 25.0 Å². The first kappa shape index (κ1) is 21.6. The molecule has 0 aromatic heterocycles. The molecule has 0 bridgehead atoms. The van der Waals surface area contributed by atoms with E-state index in [0.717, 1.165) is 5.56 Å². The van der Waals surface area contributed by atoms with Crippen LogP contribution in [-0.2, 0) is 9.59 Å². The second kappa shape index (κ2) is 9.46. The lowest BCUT2D eigenvalue weighted by atomic mass is 10.2. The Bertz CT molecular complexity index is 867. The zero-order valence-electron chi connectivity index (χ0n) is 16.6. The monoisotopic (exact) mass is 404 g/mol. The van der Waals surface area contributed by atoms with Gasteiger partial charge in [-0.25, -0.2) is 0 Å². The molecule has 2 aromatic carbocycles. The van der Waals surface area contributed by atoms with Crippen molar-refractivity contribution in [2.75, 3.05) is 17.7 Å². The van der Waals surface area contributed by atoms with Gasteiger partial charge in [0.25, 0.3) is 5.91 Å². The molecule has 0 fully saturated rings. The second-order valence-corrected chi connectivity index (χ2v) is 7.15. The maximum atomic E-state index is 12.5. The summed E-state index contributed by atoms with van der Waals surface area (Å²) in [5.41, 5.74) is 1.92. The highest BCUT2D eigenvalue weighted by Gasteiger charge is 2.17. The van der Waals surface area contributed by atoms with Crippen molar-refractivity contribution in [3.63, 3.8) is 0 Å². The maximum absolute atomic E-state index is 12.5. The molecule has 2 amide bonds. The third-order valence-corrected chi connectivity index (χ3v) is 4.30. The Hall–Kier alpha value is -2.73. The van der Waals surface area contributed by atoms with Crippen molar-refractivity contribution in [2.24, 2.45) is 5.92 Å². The Morgan fingerprint density at radius 3 is 2.29 bits per heavy atom. The molecular weight excluding hydrogens is 380 g/mol. The average Bonchev–Trinajstić information content (AvgIpc) is 2.64. The van der Waals surface area contributed by atoms with Crippen molar-refractivity contribution in [1.29, 1.82) is 0 Å². The lowest BCUT2D eigenvalue weighted by Gasteiger charge is -2.17. The van der Waals surface area contributed by atoms with Crippen LogP contribution in [0.2, 0.25) is 5.02 Å². The molecule has 6 nitrogen and oxygen atoms in total. The molecule has 1 atom stereocenters. The van der Waals surface area contributed by atoms with Crippen molar-refractivity contribution >= 4 is 34.8 Å². The quantitative estimate of drug-likeness (QED) is 0.703. The zero-order valence-corrected chi connectivity index (χ0v) is 17.4. The molecule has 1 unspecified atom stereocenters. The summed E-state index contributed by atoms with van der Waals surface area (Å²) in [6.45, 7) is 7.14. The Kier molecular flexibility index (Phi) is 7.29. The zero-order chi connectivity index (χ0) is 20.8. The van der Waals surface area contributed by atoms with Gasteiger partial charge in [0, 0.05) is 22.7 Å². The Morgan fingerprint density at radius 2 is 1.68 bits per heavy atom. The number of benzene rings is 2. The summed E-state index contributed by atoms with van der Waals surface area (Å²) >= 11 is 5.94. The molecule has 0 aliphatic rings. The molecule has 7 heteroatoms. The van der Waals surface area contributed by atoms with Gasteiger partial charge in [0.05, 0.1) is 12.8 Å². The lowest BCUT2D eigenvalue weighted by Crippen LogP contribution is -2.30. The molecule has 2 N–H and O–H groups in total. The smallest absolute Gasteiger partial charge is 0.265 e. The fourth-order valence-electron chi connectivity index (χ4n) is 2.38. The predicted molar refractivity (Wildman–Crippen MR) is 111 cm³/mol. The van der Waals surface area contributed by atoms with E-state index in [0.29, 0.717) is 27.9 Å². The Labute approximate surface area is 170 Å². The van der Waals surface area contributed by atoms with E-state index in [9.17, 15) is 9.59 Å². The number of rotatable bonds is 7. The summed E-state index contributed by atoms with van der Waals surface area (Å²) in [7, 11) is 1.50. The third-order valence-electron chi connectivity index (χ3n) is 4.06. The fourth-order valence-corrected chi connectivity index (χ4v) is 2.61. The van der Waals surface area contributed by atoms with Gasteiger partial charge in [-0.1, -0.05) is 25.4 Å². The second-order valence-electron chi connectivity index (χ2n) is 6.72. The van der Waals surface area contributed by atoms with E-state index < -0.39 is 6.10 Å². The van der Waals surface area contributed by atoms with Crippen molar-refractivity contribution in [1.82, 2.24) is 0 Å². The maximum Gasteiger partial charge on any atom is 0.265 e. The average molecular weight is 405 g/mol. The van der Waals surface area contributed by atoms with E-state index in [1.807, 2.05) is 6.92 Å². The molecule has 0 spiro atoms. The normalized spacial score (nSPS) is 11.7. The standard InChI is InChI=1S/C21H25ClN2O4/c1-12(2)20(25)24-17-8-7-16(11-19(17)27-5)23-21(26)14(4)28-18-9-6-15(22)10-13(18)3/h6-12,14H,1-5H3,(H,23,26)(H,24,25). The number of nitrogens with one attached hydrogen (secondary N) is 2. The number of carbonyl (C=O) groups is 2. The number of methoxy groups -OCH3 is 1.